The molecule has 1 aromatic heterocycles. The van der Waals surface area contributed by atoms with Crippen molar-refractivity contribution in [2.24, 2.45) is 5.41 Å². The lowest BCUT2D eigenvalue weighted by molar-refractivity contribution is -0.186. The number of hydroxylamine groups is 1. The molecule has 0 bridgehead atoms. The maximum absolute atomic E-state index is 13.3. The molecule has 2 atom stereocenters. The summed E-state index contributed by atoms with van der Waals surface area (Å²) in [6.45, 7) is 3.65. The van der Waals surface area contributed by atoms with Crippen molar-refractivity contribution in [2.45, 2.75) is 32.4 Å². The summed E-state index contributed by atoms with van der Waals surface area (Å²) in [7, 11) is 0. The summed E-state index contributed by atoms with van der Waals surface area (Å²) in [4.78, 5) is 33.4. The lowest BCUT2D eigenvalue weighted by Gasteiger charge is -2.47. The van der Waals surface area contributed by atoms with Gasteiger partial charge in [-0.05, 0) is 37.4 Å². The van der Waals surface area contributed by atoms with Gasteiger partial charge in [-0.2, -0.15) is 0 Å². The van der Waals surface area contributed by atoms with E-state index in [2.05, 4.69) is 5.92 Å². The Labute approximate surface area is 174 Å². The van der Waals surface area contributed by atoms with Crippen molar-refractivity contribution in [2.75, 3.05) is 18.3 Å². The van der Waals surface area contributed by atoms with Gasteiger partial charge in [-0.25, -0.2) is 5.06 Å². The molecule has 1 saturated heterocycles. The van der Waals surface area contributed by atoms with Crippen LogP contribution in [0.4, 0.5) is 5.69 Å². The smallest absolute Gasteiger partial charge is 0.326 e. The highest BCUT2D eigenvalue weighted by atomic mass is 32.1. The molecule has 0 amide bonds. The summed E-state index contributed by atoms with van der Waals surface area (Å²) in [6, 6.07) is 12.2. The van der Waals surface area contributed by atoms with Crippen LogP contribution in [-0.4, -0.2) is 31.3 Å². The minimum absolute atomic E-state index is 0.0347. The van der Waals surface area contributed by atoms with Crippen molar-refractivity contribution in [3.8, 4) is 12.3 Å². The number of hydrogen-bond donors (Lipinski definition) is 0. The number of ether oxygens (including phenoxy) is 2. The number of rotatable bonds is 6. The number of nitrogens with zero attached hydrogens (tertiary/aromatic N) is 1. The van der Waals surface area contributed by atoms with Gasteiger partial charge in [0.2, 0.25) is 0 Å². The average Bonchev–Trinajstić information content (AvgIpc) is 3.28. The molecule has 1 fully saturated rings. The fraction of sp³-hybridized carbons (Fsp3) is 0.364. The van der Waals surface area contributed by atoms with Gasteiger partial charge in [0.25, 0.3) is 0 Å². The average molecular weight is 413 g/mol. The van der Waals surface area contributed by atoms with Gasteiger partial charge in [0.05, 0.1) is 18.9 Å². The van der Waals surface area contributed by atoms with Crippen molar-refractivity contribution in [1.82, 2.24) is 0 Å². The van der Waals surface area contributed by atoms with Crippen LogP contribution in [0.15, 0.2) is 47.8 Å². The fourth-order valence-electron chi connectivity index (χ4n) is 3.51. The molecule has 2 heterocycles. The van der Waals surface area contributed by atoms with E-state index in [-0.39, 0.29) is 19.6 Å². The number of benzene rings is 1. The van der Waals surface area contributed by atoms with Gasteiger partial charge in [0.15, 0.2) is 5.41 Å². The molecule has 6 nitrogen and oxygen atoms in total. The lowest BCUT2D eigenvalue weighted by atomic mass is 9.73. The number of anilines is 1. The summed E-state index contributed by atoms with van der Waals surface area (Å²) >= 11 is 1.42. The van der Waals surface area contributed by atoms with Crippen molar-refractivity contribution in [1.29, 1.82) is 0 Å². The molecule has 0 unspecified atom stereocenters. The number of hydrogen-bond acceptors (Lipinski definition) is 7. The molecule has 0 spiro atoms. The van der Waals surface area contributed by atoms with Crippen LogP contribution in [0.5, 0.6) is 0 Å². The molecule has 0 aliphatic carbocycles. The Bertz CT molecular complexity index is 856. The van der Waals surface area contributed by atoms with E-state index in [9.17, 15) is 9.59 Å². The first kappa shape index (κ1) is 20.9. The summed E-state index contributed by atoms with van der Waals surface area (Å²) in [6.07, 6.45) is 4.83. The molecule has 29 heavy (non-hydrogen) atoms. The third-order valence-electron chi connectivity index (χ3n) is 4.74. The molecule has 0 radical (unpaired) electrons. The number of para-hydroxylation sites is 1. The summed E-state index contributed by atoms with van der Waals surface area (Å²) < 4.78 is 10.7. The summed E-state index contributed by atoms with van der Waals surface area (Å²) in [5, 5.41) is 3.43. The molecule has 0 saturated carbocycles. The topological polar surface area (TPSA) is 65.1 Å². The van der Waals surface area contributed by atoms with Gasteiger partial charge >= 0.3 is 11.9 Å². The van der Waals surface area contributed by atoms with E-state index in [0.717, 1.165) is 4.88 Å². The predicted octanol–water partition coefficient (Wildman–Crippen LogP) is 3.75. The normalized spacial score (nSPS) is 20.5. The Morgan fingerprint density at radius 1 is 1.17 bits per heavy atom. The highest BCUT2D eigenvalue weighted by Gasteiger charge is 2.62. The Morgan fingerprint density at radius 2 is 1.83 bits per heavy atom. The van der Waals surface area contributed by atoms with Crippen LogP contribution in [0.25, 0.3) is 0 Å². The van der Waals surface area contributed by atoms with Crippen LogP contribution in [0, 0.1) is 17.8 Å². The lowest BCUT2D eigenvalue weighted by Crippen LogP contribution is -2.58. The molecule has 1 aliphatic rings. The summed E-state index contributed by atoms with van der Waals surface area (Å²) in [5.41, 5.74) is -0.994. The highest BCUT2D eigenvalue weighted by molar-refractivity contribution is 7.10. The van der Waals surface area contributed by atoms with E-state index < -0.39 is 29.5 Å². The van der Waals surface area contributed by atoms with E-state index in [1.165, 1.54) is 11.3 Å². The van der Waals surface area contributed by atoms with Gasteiger partial charge in [-0.1, -0.05) is 30.2 Å². The van der Waals surface area contributed by atoms with E-state index in [1.807, 2.05) is 47.8 Å². The zero-order chi connectivity index (χ0) is 20.9. The number of thiophene rings is 1. The third kappa shape index (κ3) is 3.86. The maximum atomic E-state index is 13.3. The second-order valence-electron chi connectivity index (χ2n) is 6.46. The highest BCUT2D eigenvalue weighted by Crippen LogP contribution is 2.51. The quantitative estimate of drug-likeness (QED) is 0.408. The number of carbonyl (C=O) groups excluding carboxylic acids is 2. The van der Waals surface area contributed by atoms with E-state index >= 15 is 0 Å². The fourth-order valence-corrected chi connectivity index (χ4v) is 4.41. The van der Waals surface area contributed by atoms with Crippen molar-refractivity contribution in [3.63, 3.8) is 0 Å². The van der Waals surface area contributed by atoms with Crippen LogP contribution in [0.2, 0.25) is 0 Å². The SMILES string of the molecule is C#C[C@H]1CC(C(=O)OCC)(C(=O)OCC)[C@@H](c2cccs2)N(c2ccccc2)O1. The van der Waals surface area contributed by atoms with Gasteiger partial charge in [-0.15, -0.1) is 17.8 Å². The van der Waals surface area contributed by atoms with Gasteiger partial charge in [0.1, 0.15) is 12.1 Å². The zero-order valence-electron chi connectivity index (χ0n) is 16.4. The Hall–Kier alpha value is -2.82. The molecule has 2 aromatic rings. The molecule has 1 aliphatic heterocycles. The van der Waals surface area contributed by atoms with Crippen LogP contribution >= 0.6 is 11.3 Å². The van der Waals surface area contributed by atoms with Gasteiger partial charge < -0.3 is 9.47 Å². The van der Waals surface area contributed by atoms with Gasteiger partial charge in [0, 0.05) is 11.3 Å². The molecular formula is C22H23NO5S. The molecule has 0 N–H and O–H groups in total. The Kier molecular flexibility index (Phi) is 6.57. The number of esters is 2. The predicted molar refractivity (Wildman–Crippen MR) is 110 cm³/mol. The van der Waals surface area contributed by atoms with E-state index in [1.54, 1.807) is 18.9 Å². The van der Waals surface area contributed by atoms with Crippen LogP contribution in [0.1, 0.15) is 31.2 Å². The van der Waals surface area contributed by atoms with Gasteiger partial charge in [-0.3, -0.25) is 14.4 Å². The van der Waals surface area contributed by atoms with E-state index in [4.69, 9.17) is 20.7 Å². The van der Waals surface area contributed by atoms with Crippen molar-refractivity contribution in [3.05, 3.63) is 52.7 Å². The first-order chi connectivity index (χ1) is 14.1. The van der Waals surface area contributed by atoms with Crippen LogP contribution in [-0.2, 0) is 23.9 Å². The number of carbonyl (C=O) groups is 2. The van der Waals surface area contributed by atoms with Crippen molar-refractivity contribution < 1.29 is 23.9 Å². The Balaban J connectivity index is 2.24. The summed E-state index contributed by atoms with van der Waals surface area (Å²) in [5.74, 6) is 1.21. The maximum Gasteiger partial charge on any atom is 0.326 e. The first-order valence-electron chi connectivity index (χ1n) is 9.43. The third-order valence-corrected chi connectivity index (χ3v) is 5.66. The standard InChI is InChI=1S/C22H23NO5S/c1-4-17-15-22(20(24)26-5-2,21(25)27-6-3)19(18-13-10-14-29-18)23(28-17)16-11-8-7-9-12-16/h1,7-14,17,19H,5-6,15H2,2-3H3/t17-,19+/m0/s1. The molecule has 1 aromatic carbocycles. The molecule has 7 heteroatoms. The first-order valence-corrected chi connectivity index (χ1v) is 10.3. The van der Waals surface area contributed by atoms with Crippen LogP contribution < -0.4 is 5.06 Å². The molecule has 3 rings (SSSR count). The zero-order valence-corrected chi connectivity index (χ0v) is 17.2. The molecular weight excluding hydrogens is 390 g/mol. The molecule has 152 valence electrons. The van der Waals surface area contributed by atoms with E-state index in [0.29, 0.717) is 5.69 Å². The second-order valence-corrected chi connectivity index (χ2v) is 7.44. The Morgan fingerprint density at radius 3 is 2.34 bits per heavy atom. The van der Waals surface area contributed by atoms with Crippen LogP contribution in [0.3, 0.4) is 0 Å². The largest absolute Gasteiger partial charge is 0.465 e. The number of terminal acetylenes is 1. The minimum Gasteiger partial charge on any atom is -0.465 e. The second kappa shape index (κ2) is 9.12. The van der Waals surface area contributed by atoms with Crippen molar-refractivity contribution >= 4 is 29.0 Å². The monoisotopic (exact) mass is 413 g/mol. The minimum atomic E-state index is -1.66.